The van der Waals surface area contributed by atoms with Crippen LogP contribution in [0.15, 0.2) is 36.4 Å². The summed E-state index contributed by atoms with van der Waals surface area (Å²) in [6.45, 7) is 5.92. The van der Waals surface area contributed by atoms with Crippen LogP contribution in [0.25, 0.3) is 0 Å². The highest BCUT2D eigenvalue weighted by Gasteiger charge is 2.26. The summed E-state index contributed by atoms with van der Waals surface area (Å²) in [5, 5.41) is 3.25. The van der Waals surface area contributed by atoms with E-state index >= 15 is 0 Å². The largest absolute Gasteiger partial charge is 0.454 e. The fraction of sp³-hybridized carbons (Fsp3) is 0.536. The number of para-hydroxylation sites is 1. The summed E-state index contributed by atoms with van der Waals surface area (Å²) >= 11 is 0. The first-order valence-electron chi connectivity index (χ1n) is 13.2. The van der Waals surface area contributed by atoms with Gasteiger partial charge in [-0.3, -0.25) is 9.69 Å². The van der Waals surface area contributed by atoms with E-state index in [0.717, 1.165) is 85.7 Å². The molecular weight excluding hydrogens is 458 g/mol. The average molecular weight is 494 g/mol. The van der Waals surface area contributed by atoms with E-state index in [9.17, 15) is 4.79 Å². The molecule has 36 heavy (non-hydrogen) atoms. The number of carbonyl (C=O) groups is 1. The Balaban J connectivity index is 0.894. The molecule has 3 aliphatic heterocycles. The van der Waals surface area contributed by atoms with Gasteiger partial charge in [-0.25, -0.2) is 0 Å². The molecular formula is C28H35N3O5. The maximum absolute atomic E-state index is 12.6. The molecule has 4 aliphatic rings. The maximum Gasteiger partial charge on any atom is 0.231 e. The van der Waals surface area contributed by atoms with E-state index in [1.54, 1.807) is 0 Å². The number of rotatable bonds is 7. The van der Waals surface area contributed by atoms with Crippen molar-refractivity contribution in [3.63, 3.8) is 0 Å². The van der Waals surface area contributed by atoms with Gasteiger partial charge in [0.15, 0.2) is 23.0 Å². The topological polar surface area (TPSA) is 72.5 Å². The normalized spacial score (nSPS) is 23.1. The number of nitrogens with zero attached hydrogens (tertiary/aromatic N) is 2. The van der Waals surface area contributed by atoms with E-state index in [4.69, 9.17) is 18.9 Å². The molecule has 8 heteroatoms. The van der Waals surface area contributed by atoms with Gasteiger partial charge in [-0.2, -0.15) is 0 Å². The lowest BCUT2D eigenvalue weighted by molar-refractivity contribution is -0.121. The van der Waals surface area contributed by atoms with Gasteiger partial charge >= 0.3 is 0 Å². The summed E-state index contributed by atoms with van der Waals surface area (Å²) < 4.78 is 22.0. The van der Waals surface area contributed by atoms with Crippen LogP contribution in [-0.4, -0.2) is 63.2 Å². The Bertz CT molecular complexity index is 1080. The van der Waals surface area contributed by atoms with E-state index in [1.807, 2.05) is 30.3 Å². The first kappa shape index (κ1) is 23.3. The lowest BCUT2D eigenvalue weighted by atomic mass is 9.84. The highest BCUT2D eigenvalue weighted by Crippen LogP contribution is 2.41. The summed E-state index contributed by atoms with van der Waals surface area (Å²) in [5.41, 5.74) is 2.12. The Kier molecular flexibility index (Phi) is 6.77. The summed E-state index contributed by atoms with van der Waals surface area (Å²) in [6, 6.07) is 12.2. The van der Waals surface area contributed by atoms with Crippen molar-refractivity contribution in [3.05, 3.63) is 42.0 Å². The van der Waals surface area contributed by atoms with Crippen LogP contribution in [0.1, 0.15) is 37.7 Å². The summed E-state index contributed by atoms with van der Waals surface area (Å²) in [7, 11) is 0. The molecule has 6 rings (SSSR count). The number of ether oxygens (including phenoxy) is 4. The van der Waals surface area contributed by atoms with Gasteiger partial charge in [-0.15, -0.1) is 0 Å². The summed E-state index contributed by atoms with van der Waals surface area (Å²) in [4.78, 5) is 17.6. The van der Waals surface area contributed by atoms with Crippen LogP contribution in [-0.2, 0) is 11.2 Å². The molecule has 1 N–H and O–H groups in total. The van der Waals surface area contributed by atoms with Crippen molar-refractivity contribution in [3.8, 4) is 23.0 Å². The Labute approximate surface area is 212 Å². The average Bonchev–Trinajstić information content (AvgIpc) is 3.58. The van der Waals surface area contributed by atoms with E-state index < -0.39 is 0 Å². The highest BCUT2D eigenvalue weighted by atomic mass is 16.7. The number of carbonyl (C=O) groups excluding carboxylic acids is 1. The van der Waals surface area contributed by atoms with Crippen LogP contribution in [0, 0.1) is 5.92 Å². The molecule has 3 heterocycles. The van der Waals surface area contributed by atoms with Crippen molar-refractivity contribution >= 4 is 11.6 Å². The molecule has 2 aromatic rings. The third kappa shape index (κ3) is 5.19. The second-order valence-electron chi connectivity index (χ2n) is 10.3. The molecule has 192 valence electrons. The molecule has 0 atom stereocenters. The number of nitrogens with one attached hydrogen (secondary N) is 1. The zero-order valence-corrected chi connectivity index (χ0v) is 20.7. The Morgan fingerprint density at radius 2 is 1.64 bits per heavy atom. The third-order valence-electron chi connectivity index (χ3n) is 7.96. The number of anilines is 1. The highest BCUT2D eigenvalue weighted by molar-refractivity contribution is 5.79. The van der Waals surface area contributed by atoms with E-state index in [2.05, 4.69) is 21.2 Å². The summed E-state index contributed by atoms with van der Waals surface area (Å²) in [6.07, 6.45) is 6.17. The van der Waals surface area contributed by atoms with Gasteiger partial charge < -0.3 is 29.2 Å². The van der Waals surface area contributed by atoms with Gasteiger partial charge in [0.1, 0.15) is 0 Å². The second kappa shape index (κ2) is 10.5. The maximum atomic E-state index is 12.6. The fourth-order valence-electron chi connectivity index (χ4n) is 5.85. The van der Waals surface area contributed by atoms with Crippen LogP contribution in [0.2, 0.25) is 0 Å². The Morgan fingerprint density at radius 3 is 2.50 bits per heavy atom. The predicted molar refractivity (Wildman–Crippen MR) is 136 cm³/mol. The third-order valence-corrected chi connectivity index (χ3v) is 7.96. The molecule has 2 aromatic carbocycles. The lowest BCUT2D eigenvalue weighted by Gasteiger charge is -2.37. The van der Waals surface area contributed by atoms with Crippen LogP contribution in [0.5, 0.6) is 23.0 Å². The number of hydrogen-bond acceptors (Lipinski definition) is 7. The van der Waals surface area contributed by atoms with Gasteiger partial charge in [0.05, 0.1) is 12.1 Å². The zero-order chi connectivity index (χ0) is 24.3. The second-order valence-corrected chi connectivity index (χ2v) is 10.3. The van der Waals surface area contributed by atoms with Crippen molar-refractivity contribution in [1.82, 2.24) is 10.2 Å². The number of piperazine rings is 1. The minimum atomic E-state index is 0.0937. The number of fused-ring (bicyclic) bond motifs is 2. The van der Waals surface area contributed by atoms with Crippen molar-refractivity contribution in [2.24, 2.45) is 5.92 Å². The van der Waals surface area contributed by atoms with Gasteiger partial charge in [0, 0.05) is 32.2 Å². The van der Waals surface area contributed by atoms with Crippen LogP contribution < -0.4 is 29.2 Å². The molecule has 0 unspecified atom stereocenters. The van der Waals surface area contributed by atoms with E-state index in [1.165, 1.54) is 19.3 Å². The smallest absolute Gasteiger partial charge is 0.231 e. The zero-order valence-electron chi connectivity index (χ0n) is 20.7. The number of benzene rings is 2. The van der Waals surface area contributed by atoms with Crippen molar-refractivity contribution in [1.29, 1.82) is 0 Å². The molecule has 1 saturated carbocycles. The van der Waals surface area contributed by atoms with Crippen LogP contribution >= 0.6 is 0 Å². The molecule has 8 nitrogen and oxygen atoms in total. The SMILES string of the molecule is O=C(Cc1ccc2c(c1)OCO2)N[C@H]1CC[C@H](CCN2CCN(c3cccc4c3OCO4)CC2)CC1. The first-order valence-corrected chi connectivity index (χ1v) is 13.2. The molecule has 0 spiro atoms. The van der Waals surface area contributed by atoms with Crippen LogP contribution in [0.3, 0.4) is 0 Å². The molecule has 1 aliphatic carbocycles. The van der Waals surface area contributed by atoms with Crippen molar-refractivity contribution in [2.75, 3.05) is 51.2 Å². The van der Waals surface area contributed by atoms with Crippen molar-refractivity contribution in [2.45, 2.75) is 44.6 Å². The monoisotopic (exact) mass is 493 g/mol. The minimum Gasteiger partial charge on any atom is -0.454 e. The number of hydrogen-bond donors (Lipinski definition) is 1. The van der Waals surface area contributed by atoms with E-state index in [-0.39, 0.29) is 12.7 Å². The first-order chi connectivity index (χ1) is 17.7. The lowest BCUT2D eigenvalue weighted by Crippen LogP contribution is -2.47. The van der Waals surface area contributed by atoms with Gasteiger partial charge in [0.2, 0.25) is 19.5 Å². The minimum absolute atomic E-state index is 0.0937. The van der Waals surface area contributed by atoms with Gasteiger partial charge in [-0.1, -0.05) is 12.1 Å². The molecule has 2 fully saturated rings. The van der Waals surface area contributed by atoms with Crippen molar-refractivity contribution < 1.29 is 23.7 Å². The van der Waals surface area contributed by atoms with Crippen LogP contribution in [0.4, 0.5) is 5.69 Å². The molecule has 0 aromatic heterocycles. The van der Waals surface area contributed by atoms with E-state index in [0.29, 0.717) is 19.3 Å². The Hall–Kier alpha value is -3.13. The van der Waals surface area contributed by atoms with Gasteiger partial charge in [-0.05, 0) is 74.4 Å². The molecule has 1 saturated heterocycles. The quantitative estimate of drug-likeness (QED) is 0.632. The summed E-state index contributed by atoms with van der Waals surface area (Å²) in [5.74, 6) is 4.09. The molecule has 0 radical (unpaired) electrons. The predicted octanol–water partition coefficient (Wildman–Crippen LogP) is 3.57. The standard InChI is InChI=1S/C28H35N3O5/c32-27(17-21-6-9-24-26(16-21)35-18-33-24)29-22-7-4-20(5-8-22)10-11-30-12-14-31(15-13-30)23-2-1-3-25-28(23)36-19-34-25/h1-3,6,9,16,20,22H,4-5,7-8,10-15,17-19H2,(H,29,32)/t20-,22-. The fourth-order valence-corrected chi connectivity index (χ4v) is 5.85. The Morgan fingerprint density at radius 1 is 0.861 bits per heavy atom. The van der Waals surface area contributed by atoms with Gasteiger partial charge in [0.25, 0.3) is 0 Å². The number of amides is 1. The molecule has 0 bridgehead atoms. The molecule has 1 amide bonds.